The Morgan fingerprint density at radius 3 is 1.29 bits per heavy atom. The fourth-order valence-electron chi connectivity index (χ4n) is 3.69. The number of ether oxygens (including phenoxy) is 4. The van der Waals surface area contributed by atoms with E-state index in [1.165, 1.54) is 0 Å². The van der Waals surface area contributed by atoms with Crippen LogP contribution >= 0.6 is 15.2 Å². The normalized spacial score (nSPS) is 20.8. The molecule has 14 heteroatoms. The Morgan fingerprint density at radius 2 is 1.06 bits per heavy atom. The van der Waals surface area contributed by atoms with Crippen molar-refractivity contribution < 1.29 is 57.2 Å². The summed E-state index contributed by atoms with van der Waals surface area (Å²) >= 11 is 0. The van der Waals surface area contributed by atoms with E-state index in [9.17, 15) is 38.3 Å². The Bertz CT molecular complexity index is 753. The van der Waals surface area contributed by atoms with Crippen molar-refractivity contribution in [1.82, 2.24) is 0 Å². The van der Waals surface area contributed by atoms with Crippen molar-refractivity contribution in [2.24, 2.45) is 11.8 Å². The van der Waals surface area contributed by atoms with E-state index in [0.29, 0.717) is 0 Å². The minimum atomic E-state index is -4.73. The summed E-state index contributed by atoms with van der Waals surface area (Å²) in [7, 11) is -9.46. The molecule has 0 bridgehead atoms. The maximum absolute atomic E-state index is 12.0. The quantitative estimate of drug-likeness (QED) is 0.146. The molecular weight excluding hydrogens is 494 g/mol. The maximum Gasteiger partial charge on any atom is 0.354 e. The van der Waals surface area contributed by atoms with Crippen LogP contribution in [-0.4, -0.2) is 69.6 Å². The van der Waals surface area contributed by atoms with Gasteiger partial charge in [0, 0.05) is 0 Å². The van der Waals surface area contributed by atoms with E-state index in [1.807, 2.05) is 0 Å². The molecule has 0 aromatic rings. The lowest BCUT2D eigenvalue weighted by atomic mass is 9.82. The van der Waals surface area contributed by atoms with Crippen LogP contribution in [0.5, 0.6) is 0 Å². The molecule has 1 rings (SSSR count). The molecule has 1 aliphatic rings. The van der Waals surface area contributed by atoms with Gasteiger partial charge in [0.05, 0.1) is 37.6 Å². The van der Waals surface area contributed by atoms with E-state index in [-0.39, 0.29) is 50.0 Å². The standard InChI is InChI=1S/C20H34O12P2/c1-5-29-17(21)13(3)11-31-19(33(23,24)25)15-7-9-16(10-8-15)20(34(26,27)28)32-12-14(4)18(22)30-6-2/h15-16,19-20H,3-12H2,1-2H3,(H2,23,24,25)(H2,26,27,28). The summed E-state index contributed by atoms with van der Waals surface area (Å²) < 4.78 is 44.3. The van der Waals surface area contributed by atoms with Gasteiger partial charge in [0.1, 0.15) is 0 Å². The fraction of sp³-hybridized carbons (Fsp3) is 0.700. The molecule has 0 aromatic heterocycles. The van der Waals surface area contributed by atoms with Crippen LogP contribution in [0, 0.1) is 11.8 Å². The van der Waals surface area contributed by atoms with E-state index < -0.39 is 63.9 Å². The molecule has 1 saturated carbocycles. The fourth-order valence-corrected chi connectivity index (χ4v) is 5.92. The van der Waals surface area contributed by atoms with Gasteiger partial charge in [0.2, 0.25) is 0 Å². The van der Waals surface area contributed by atoms with Crippen molar-refractivity contribution >= 4 is 27.1 Å². The summed E-state index contributed by atoms with van der Waals surface area (Å²) in [4.78, 5) is 62.4. The number of rotatable bonds is 14. The molecule has 1 aliphatic carbocycles. The highest BCUT2D eigenvalue weighted by Crippen LogP contribution is 2.54. The van der Waals surface area contributed by atoms with Crippen LogP contribution in [0.4, 0.5) is 0 Å². The molecule has 0 aromatic carbocycles. The summed E-state index contributed by atoms with van der Waals surface area (Å²) in [5.41, 5.74) is -0.184. The summed E-state index contributed by atoms with van der Waals surface area (Å²) in [5.74, 6) is -5.75. The van der Waals surface area contributed by atoms with Crippen molar-refractivity contribution in [2.75, 3.05) is 26.4 Å². The van der Waals surface area contributed by atoms with E-state index in [2.05, 4.69) is 13.2 Å². The molecule has 0 radical (unpaired) electrons. The Kier molecular flexibility index (Phi) is 12.3. The van der Waals surface area contributed by atoms with Crippen LogP contribution < -0.4 is 0 Å². The summed E-state index contributed by atoms with van der Waals surface area (Å²) in [5, 5.41) is 0. The zero-order chi connectivity index (χ0) is 26.1. The first-order valence-electron chi connectivity index (χ1n) is 10.8. The summed E-state index contributed by atoms with van der Waals surface area (Å²) in [6, 6.07) is 0. The van der Waals surface area contributed by atoms with Crippen molar-refractivity contribution in [3.63, 3.8) is 0 Å². The van der Waals surface area contributed by atoms with Crippen LogP contribution in [0.3, 0.4) is 0 Å². The molecular formula is C20H34O12P2. The van der Waals surface area contributed by atoms with E-state index >= 15 is 0 Å². The third-order valence-electron chi connectivity index (χ3n) is 5.27. The zero-order valence-electron chi connectivity index (χ0n) is 19.3. The average molecular weight is 528 g/mol. The summed E-state index contributed by atoms with van der Waals surface area (Å²) in [6.45, 7) is 9.56. The van der Waals surface area contributed by atoms with Gasteiger partial charge in [-0.05, 0) is 51.4 Å². The molecule has 196 valence electrons. The molecule has 0 saturated heterocycles. The first-order valence-corrected chi connectivity index (χ1v) is 14.1. The molecule has 0 heterocycles. The molecule has 2 atom stereocenters. The van der Waals surface area contributed by atoms with Gasteiger partial charge in [-0.25, -0.2) is 9.59 Å². The molecule has 12 nitrogen and oxygen atoms in total. The first-order chi connectivity index (χ1) is 15.7. The largest absolute Gasteiger partial charge is 0.463 e. The number of carbonyl (C=O) groups excluding carboxylic acids is 2. The summed E-state index contributed by atoms with van der Waals surface area (Å²) in [6.07, 6.45) is 0.742. The number of hydrogen-bond donors (Lipinski definition) is 4. The smallest absolute Gasteiger partial charge is 0.354 e. The molecule has 4 N–H and O–H groups in total. The average Bonchev–Trinajstić information content (AvgIpc) is 2.73. The predicted octanol–water partition coefficient (Wildman–Crippen LogP) is 2.07. The topological polar surface area (TPSA) is 186 Å². The van der Waals surface area contributed by atoms with Crippen molar-refractivity contribution in [2.45, 2.75) is 51.2 Å². The van der Waals surface area contributed by atoms with Gasteiger partial charge in [-0.3, -0.25) is 9.13 Å². The number of carbonyl (C=O) groups is 2. The van der Waals surface area contributed by atoms with Crippen LogP contribution in [0.15, 0.2) is 24.3 Å². The Morgan fingerprint density at radius 1 is 0.765 bits per heavy atom. The van der Waals surface area contributed by atoms with Gasteiger partial charge in [-0.1, -0.05) is 13.2 Å². The minimum Gasteiger partial charge on any atom is -0.463 e. The molecule has 0 spiro atoms. The van der Waals surface area contributed by atoms with Crippen LogP contribution in [0.25, 0.3) is 0 Å². The van der Waals surface area contributed by atoms with Gasteiger partial charge in [-0.2, -0.15) is 0 Å². The van der Waals surface area contributed by atoms with E-state index in [0.717, 1.165) is 0 Å². The second-order valence-corrected chi connectivity index (χ2v) is 11.3. The second kappa shape index (κ2) is 13.7. The first kappa shape index (κ1) is 30.7. The van der Waals surface area contributed by atoms with Crippen LogP contribution in [0.2, 0.25) is 0 Å². The monoisotopic (exact) mass is 528 g/mol. The van der Waals surface area contributed by atoms with Gasteiger partial charge in [0.25, 0.3) is 0 Å². The highest BCUT2D eigenvalue weighted by Gasteiger charge is 2.44. The minimum absolute atomic E-state index is 0.0919. The van der Waals surface area contributed by atoms with Crippen molar-refractivity contribution in [3.8, 4) is 0 Å². The Hall–Kier alpha value is -1.36. The SMILES string of the molecule is C=C(COC(C1CCC(C(OCC(=C)C(=O)OCC)P(=O)(O)O)CC1)P(=O)(O)O)C(=O)OCC. The van der Waals surface area contributed by atoms with Gasteiger partial charge in [-0.15, -0.1) is 0 Å². The Labute approximate surface area is 198 Å². The Balaban J connectivity index is 2.80. The predicted molar refractivity (Wildman–Crippen MR) is 121 cm³/mol. The van der Waals surface area contributed by atoms with Gasteiger partial charge in [0.15, 0.2) is 11.7 Å². The molecule has 0 aliphatic heterocycles. The molecule has 0 amide bonds. The molecule has 2 unspecified atom stereocenters. The number of hydrogen-bond acceptors (Lipinski definition) is 8. The van der Waals surface area contributed by atoms with Gasteiger partial charge < -0.3 is 38.5 Å². The number of esters is 2. The third kappa shape index (κ3) is 9.71. The molecule has 1 fully saturated rings. The van der Waals surface area contributed by atoms with Gasteiger partial charge >= 0.3 is 27.1 Å². The van der Waals surface area contributed by atoms with Crippen LogP contribution in [-0.2, 0) is 37.7 Å². The lowest BCUT2D eigenvalue weighted by Gasteiger charge is -2.37. The lowest BCUT2D eigenvalue weighted by molar-refractivity contribution is -0.140. The lowest BCUT2D eigenvalue weighted by Crippen LogP contribution is -2.34. The zero-order valence-corrected chi connectivity index (χ0v) is 21.1. The van der Waals surface area contributed by atoms with Crippen molar-refractivity contribution in [1.29, 1.82) is 0 Å². The maximum atomic E-state index is 12.0. The van der Waals surface area contributed by atoms with E-state index in [1.54, 1.807) is 13.8 Å². The van der Waals surface area contributed by atoms with Crippen LogP contribution in [0.1, 0.15) is 39.5 Å². The second-order valence-electron chi connectivity index (χ2n) is 7.90. The molecule has 34 heavy (non-hydrogen) atoms. The van der Waals surface area contributed by atoms with Crippen molar-refractivity contribution in [3.05, 3.63) is 24.3 Å². The highest BCUT2D eigenvalue weighted by molar-refractivity contribution is 7.52. The third-order valence-corrected chi connectivity index (χ3v) is 7.74. The highest BCUT2D eigenvalue weighted by atomic mass is 31.2. The van der Waals surface area contributed by atoms with E-state index in [4.69, 9.17) is 18.9 Å².